The maximum absolute atomic E-state index is 12.7. The van der Waals surface area contributed by atoms with Crippen LogP contribution in [0.25, 0.3) is 0 Å². The number of halogens is 1. The third kappa shape index (κ3) is 6.45. The number of aryl methyl sites for hydroxylation is 1. The maximum Gasteiger partial charge on any atom is 0.329 e. The number of carbonyl (C=O) groups is 3. The van der Waals surface area contributed by atoms with E-state index in [1.54, 1.807) is 24.3 Å². The van der Waals surface area contributed by atoms with Gasteiger partial charge in [0.05, 0.1) is 6.26 Å². The normalized spacial score (nSPS) is 11.4. The molecule has 0 saturated carbocycles. The van der Waals surface area contributed by atoms with Crippen molar-refractivity contribution in [2.24, 2.45) is 0 Å². The number of rotatable bonds is 8. The minimum absolute atomic E-state index is 0.0695. The Morgan fingerprint density at radius 1 is 1.06 bits per heavy atom. The smallest absolute Gasteiger partial charge is 0.329 e. The van der Waals surface area contributed by atoms with Gasteiger partial charge < -0.3 is 19.8 Å². The quantitative estimate of drug-likeness (QED) is 0.520. The molecule has 0 bridgehead atoms. The maximum atomic E-state index is 12.7. The monoisotopic (exact) mass is 440 g/mol. The molecule has 7 nitrogen and oxygen atoms in total. The second-order valence-corrected chi connectivity index (χ2v) is 7.24. The van der Waals surface area contributed by atoms with Crippen LogP contribution in [0, 0.1) is 6.92 Å². The summed E-state index contributed by atoms with van der Waals surface area (Å²) < 4.78 is 10.2. The van der Waals surface area contributed by atoms with Crippen molar-refractivity contribution in [3.63, 3.8) is 0 Å². The SMILES string of the molecule is Cc1ccc(Cl)cc1NC(=O)COC(=O)[C@@H](Cc1ccccc1)NC(=O)c1ccco1. The van der Waals surface area contributed by atoms with Crippen molar-refractivity contribution in [2.45, 2.75) is 19.4 Å². The summed E-state index contributed by atoms with van der Waals surface area (Å²) in [5.74, 6) is -1.74. The Balaban J connectivity index is 1.63. The highest BCUT2D eigenvalue weighted by molar-refractivity contribution is 6.31. The number of anilines is 1. The zero-order chi connectivity index (χ0) is 22.2. The first-order chi connectivity index (χ1) is 14.9. The molecule has 0 spiro atoms. The molecular formula is C23H21ClN2O5. The molecule has 0 radical (unpaired) electrons. The van der Waals surface area contributed by atoms with Crippen molar-refractivity contribution in [2.75, 3.05) is 11.9 Å². The molecule has 2 aromatic carbocycles. The van der Waals surface area contributed by atoms with E-state index in [1.807, 2.05) is 37.3 Å². The molecule has 1 heterocycles. The van der Waals surface area contributed by atoms with E-state index in [9.17, 15) is 14.4 Å². The lowest BCUT2D eigenvalue weighted by molar-refractivity contribution is -0.149. The van der Waals surface area contributed by atoms with Gasteiger partial charge in [0.1, 0.15) is 6.04 Å². The molecule has 3 rings (SSSR count). The fraction of sp³-hybridized carbons (Fsp3) is 0.174. The third-order valence-corrected chi connectivity index (χ3v) is 4.67. The van der Waals surface area contributed by atoms with Gasteiger partial charge in [-0.25, -0.2) is 4.79 Å². The van der Waals surface area contributed by atoms with Crippen molar-refractivity contribution in [3.05, 3.63) is 88.8 Å². The fourth-order valence-electron chi connectivity index (χ4n) is 2.83. The van der Waals surface area contributed by atoms with Gasteiger partial charge in [0.15, 0.2) is 12.4 Å². The van der Waals surface area contributed by atoms with Gasteiger partial charge in [0.2, 0.25) is 0 Å². The largest absolute Gasteiger partial charge is 0.459 e. The van der Waals surface area contributed by atoms with Crippen LogP contribution >= 0.6 is 11.6 Å². The van der Waals surface area contributed by atoms with Gasteiger partial charge in [-0.05, 0) is 42.3 Å². The van der Waals surface area contributed by atoms with Crippen molar-refractivity contribution >= 4 is 35.1 Å². The minimum atomic E-state index is -0.999. The summed E-state index contributed by atoms with van der Waals surface area (Å²) in [5.41, 5.74) is 2.17. The van der Waals surface area contributed by atoms with E-state index in [1.165, 1.54) is 12.3 Å². The first kappa shape index (κ1) is 22.1. The van der Waals surface area contributed by atoms with Crippen LogP contribution in [0.2, 0.25) is 5.02 Å². The van der Waals surface area contributed by atoms with E-state index >= 15 is 0 Å². The van der Waals surface area contributed by atoms with Gasteiger partial charge >= 0.3 is 5.97 Å². The van der Waals surface area contributed by atoms with E-state index in [-0.39, 0.29) is 12.2 Å². The van der Waals surface area contributed by atoms with Gasteiger partial charge in [0.25, 0.3) is 11.8 Å². The average molecular weight is 441 g/mol. The summed E-state index contributed by atoms with van der Waals surface area (Å²) in [7, 11) is 0. The molecule has 31 heavy (non-hydrogen) atoms. The number of ether oxygens (including phenoxy) is 1. The lowest BCUT2D eigenvalue weighted by Crippen LogP contribution is -2.44. The molecule has 2 amide bonds. The fourth-order valence-corrected chi connectivity index (χ4v) is 3.00. The van der Waals surface area contributed by atoms with Crippen molar-refractivity contribution in [1.29, 1.82) is 0 Å². The minimum Gasteiger partial charge on any atom is -0.459 e. The summed E-state index contributed by atoms with van der Waals surface area (Å²) in [6.07, 6.45) is 1.56. The molecule has 0 aliphatic heterocycles. The number of benzene rings is 2. The average Bonchev–Trinajstić information content (AvgIpc) is 3.30. The molecule has 1 atom stereocenters. The highest BCUT2D eigenvalue weighted by Gasteiger charge is 2.25. The molecule has 0 unspecified atom stereocenters. The highest BCUT2D eigenvalue weighted by Crippen LogP contribution is 2.20. The number of amides is 2. The van der Waals surface area contributed by atoms with Crippen LogP contribution in [0.4, 0.5) is 5.69 Å². The van der Waals surface area contributed by atoms with E-state index in [4.69, 9.17) is 20.8 Å². The first-order valence-corrected chi connectivity index (χ1v) is 9.91. The zero-order valence-corrected chi connectivity index (χ0v) is 17.5. The van der Waals surface area contributed by atoms with Crippen molar-refractivity contribution in [1.82, 2.24) is 5.32 Å². The van der Waals surface area contributed by atoms with Crippen LogP contribution < -0.4 is 10.6 Å². The Labute approximate surface area is 184 Å². The second kappa shape index (κ2) is 10.4. The Morgan fingerprint density at radius 2 is 1.84 bits per heavy atom. The number of hydrogen-bond donors (Lipinski definition) is 2. The topological polar surface area (TPSA) is 97.6 Å². The molecule has 2 N–H and O–H groups in total. The number of furan rings is 1. The second-order valence-electron chi connectivity index (χ2n) is 6.81. The van der Waals surface area contributed by atoms with E-state index < -0.39 is 30.4 Å². The van der Waals surface area contributed by atoms with Crippen LogP contribution in [-0.2, 0) is 20.7 Å². The lowest BCUT2D eigenvalue weighted by Gasteiger charge is -2.17. The molecular weight excluding hydrogens is 420 g/mol. The molecule has 3 aromatic rings. The van der Waals surface area contributed by atoms with Gasteiger partial charge in [0, 0.05) is 17.1 Å². The van der Waals surface area contributed by atoms with Gasteiger partial charge in [-0.3, -0.25) is 9.59 Å². The van der Waals surface area contributed by atoms with E-state index in [2.05, 4.69) is 10.6 Å². The molecule has 0 saturated heterocycles. The summed E-state index contributed by atoms with van der Waals surface area (Å²) in [6, 6.07) is 16.3. The van der Waals surface area contributed by atoms with Gasteiger partial charge in [-0.15, -0.1) is 0 Å². The van der Waals surface area contributed by atoms with E-state index in [0.717, 1.165) is 11.1 Å². The first-order valence-electron chi connectivity index (χ1n) is 9.53. The van der Waals surface area contributed by atoms with Crippen LogP contribution in [0.15, 0.2) is 71.3 Å². The Hall–Kier alpha value is -3.58. The van der Waals surface area contributed by atoms with Crippen molar-refractivity contribution in [3.8, 4) is 0 Å². The summed E-state index contributed by atoms with van der Waals surface area (Å²) in [6.45, 7) is 1.31. The Kier molecular flexibility index (Phi) is 7.45. The van der Waals surface area contributed by atoms with Crippen molar-refractivity contribution < 1.29 is 23.5 Å². The molecule has 1 aromatic heterocycles. The van der Waals surface area contributed by atoms with Crippen LogP contribution in [-0.4, -0.2) is 30.4 Å². The Bertz CT molecular complexity index is 1050. The van der Waals surface area contributed by atoms with Gasteiger partial charge in [-0.2, -0.15) is 0 Å². The zero-order valence-electron chi connectivity index (χ0n) is 16.8. The molecule has 0 fully saturated rings. The highest BCUT2D eigenvalue weighted by atomic mass is 35.5. The molecule has 0 aliphatic rings. The molecule has 8 heteroatoms. The predicted octanol–water partition coefficient (Wildman–Crippen LogP) is 3.76. The van der Waals surface area contributed by atoms with Crippen LogP contribution in [0.3, 0.4) is 0 Å². The number of hydrogen-bond acceptors (Lipinski definition) is 5. The molecule has 160 valence electrons. The summed E-state index contributed by atoms with van der Waals surface area (Å²) in [4.78, 5) is 37.3. The number of carbonyl (C=O) groups excluding carboxylic acids is 3. The lowest BCUT2D eigenvalue weighted by atomic mass is 10.1. The molecule has 0 aliphatic carbocycles. The standard InChI is InChI=1S/C23H21ClN2O5/c1-15-9-10-17(24)13-18(15)25-21(27)14-31-23(29)19(12-16-6-3-2-4-7-16)26-22(28)20-8-5-11-30-20/h2-11,13,19H,12,14H2,1H3,(H,25,27)(H,26,28)/t19-/m1/s1. The Morgan fingerprint density at radius 3 is 2.55 bits per heavy atom. The van der Waals surface area contributed by atoms with Crippen LogP contribution in [0.1, 0.15) is 21.7 Å². The number of esters is 1. The predicted molar refractivity (Wildman–Crippen MR) is 116 cm³/mol. The third-order valence-electron chi connectivity index (χ3n) is 4.44. The summed E-state index contributed by atoms with van der Waals surface area (Å²) >= 11 is 5.95. The van der Waals surface area contributed by atoms with Crippen LogP contribution in [0.5, 0.6) is 0 Å². The van der Waals surface area contributed by atoms with Gasteiger partial charge in [-0.1, -0.05) is 48.0 Å². The number of nitrogens with one attached hydrogen (secondary N) is 2. The summed E-state index contributed by atoms with van der Waals surface area (Å²) in [5, 5.41) is 5.73. The van der Waals surface area contributed by atoms with E-state index in [0.29, 0.717) is 10.7 Å².